The molecule has 0 saturated carbocycles. The number of hydrogen-bond donors (Lipinski definition) is 2. The summed E-state index contributed by atoms with van der Waals surface area (Å²) in [6, 6.07) is 10.2. The van der Waals surface area contributed by atoms with Crippen molar-refractivity contribution in [3.05, 3.63) is 35.9 Å². The van der Waals surface area contributed by atoms with Crippen LogP contribution in [0.4, 0.5) is 0 Å². The summed E-state index contributed by atoms with van der Waals surface area (Å²) in [7, 11) is 0. The summed E-state index contributed by atoms with van der Waals surface area (Å²) in [6.45, 7) is 14.1. The van der Waals surface area contributed by atoms with Crippen molar-refractivity contribution in [2.75, 3.05) is 13.2 Å². The molecule has 0 saturated heterocycles. The molecule has 2 N–H and O–H groups in total. The molecule has 0 fully saturated rings. The van der Waals surface area contributed by atoms with Gasteiger partial charge in [-0.3, -0.25) is 0 Å². The zero-order chi connectivity index (χ0) is 17.5. The molecule has 0 radical (unpaired) electrons. The van der Waals surface area contributed by atoms with E-state index in [0.29, 0.717) is 13.2 Å². The van der Waals surface area contributed by atoms with Crippen LogP contribution in [0.25, 0.3) is 0 Å². The highest BCUT2D eigenvalue weighted by molar-refractivity contribution is 5.17. The van der Waals surface area contributed by atoms with Crippen molar-refractivity contribution in [3.8, 4) is 0 Å². The normalized spacial score (nSPS) is 15.4. The molecule has 0 aliphatic heterocycles. The first-order chi connectivity index (χ1) is 10.6. The molecule has 1 aromatic carbocycles. The molecule has 0 heterocycles. The Morgan fingerprint density at radius 3 is 2.22 bits per heavy atom. The van der Waals surface area contributed by atoms with Crippen LogP contribution in [0.5, 0.6) is 0 Å². The van der Waals surface area contributed by atoms with Gasteiger partial charge < -0.3 is 15.2 Å². The first-order valence-electron chi connectivity index (χ1n) is 8.72. The predicted molar refractivity (Wildman–Crippen MR) is 97.6 cm³/mol. The molecule has 0 amide bonds. The molecule has 0 unspecified atom stereocenters. The first-order valence-corrected chi connectivity index (χ1v) is 8.72. The van der Waals surface area contributed by atoms with Gasteiger partial charge in [-0.2, -0.15) is 0 Å². The third-order valence-corrected chi connectivity index (χ3v) is 3.82. The number of ether oxygens (including phenoxy) is 1. The summed E-state index contributed by atoms with van der Waals surface area (Å²) in [5.74, 6) is 0. The third-order valence-electron chi connectivity index (χ3n) is 3.82. The van der Waals surface area contributed by atoms with Gasteiger partial charge in [0.25, 0.3) is 0 Å². The van der Waals surface area contributed by atoms with Gasteiger partial charge in [-0.15, -0.1) is 0 Å². The van der Waals surface area contributed by atoms with E-state index in [-0.39, 0.29) is 17.1 Å². The number of aliphatic hydroxyl groups excluding tert-OH is 1. The second-order valence-electron chi connectivity index (χ2n) is 8.30. The summed E-state index contributed by atoms with van der Waals surface area (Å²) >= 11 is 0. The van der Waals surface area contributed by atoms with Gasteiger partial charge in [-0.1, -0.05) is 58.0 Å². The van der Waals surface area contributed by atoms with Gasteiger partial charge >= 0.3 is 0 Å². The minimum Gasteiger partial charge on any atom is -0.389 e. The van der Waals surface area contributed by atoms with E-state index in [0.717, 1.165) is 12.8 Å². The molecular weight excluding hydrogens is 286 g/mol. The van der Waals surface area contributed by atoms with Crippen LogP contribution in [0, 0.1) is 5.41 Å². The molecule has 23 heavy (non-hydrogen) atoms. The maximum atomic E-state index is 10.2. The fourth-order valence-corrected chi connectivity index (χ4v) is 3.19. The molecule has 2 atom stereocenters. The molecule has 0 bridgehead atoms. The first kappa shape index (κ1) is 20.1. The Morgan fingerprint density at radius 1 is 1.09 bits per heavy atom. The summed E-state index contributed by atoms with van der Waals surface area (Å²) in [6.07, 6.45) is 1.51. The molecule has 0 aliphatic rings. The van der Waals surface area contributed by atoms with Crippen LogP contribution in [0.3, 0.4) is 0 Å². The summed E-state index contributed by atoms with van der Waals surface area (Å²) < 4.78 is 5.92. The van der Waals surface area contributed by atoms with Crippen LogP contribution < -0.4 is 5.32 Å². The van der Waals surface area contributed by atoms with Crippen molar-refractivity contribution in [1.29, 1.82) is 0 Å². The Labute approximate surface area is 142 Å². The number of hydrogen-bond acceptors (Lipinski definition) is 3. The van der Waals surface area contributed by atoms with E-state index in [2.05, 4.69) is 59.0 Å². The summed E-state index contributed by atoms with van der Waals surface area (Å²) in [5.41, 5.74) is 1.43. The molecule has 0 aromatic heterocycles. The Morgan fingerprint density at radius 2 is 1.70 bits per heavy atom. The molecule has 0 aliphatic carbocycles. The molecule has 3 heteroatoms. The molecule has 1 rings (SSSR count). The Kier molecular flexibility index (Phi) is 7.72. The van der Waals surface area contributed by atoms with Crippen molar-refractivity contribution in [2.24, 2.45) is 5.41 Å². The highest BCUT2D eigenvalue weighted by Crippen LogP contribution is 2.26. The lowest BCUT2D eigenvalue weighted by molar-refractivity contribution is -0.0139. The van der Waals surface area contributed by atoms with Crippen LogP contribution in [0.1, 0.15) is 66.1 Å². The molecule has 132 valence electrons. The van der Waals surface area contributed by atoms with Gasteiger partial charge in [-0.25, -0.2) is 0 Å². The highest BCUT2D eigenvalue weighted by Gasteiger charge is 2.25. The fraction of sp³-hybridized carbons (Fsp3) is 0.700. The van der Waals surface area contributed by atoms with Crippen LogP contribution in [0.15, 0.2) is 30.3 Å². The number of nitrogens with one attached hydrogen (secondary N) is 1. The van der Waals surface area contributed by atoms with Gasteiger partial charge in [0, 0.05) is 12.1 Å². The van der Waals surface area contributed by atoms with Gasteiger partial charge in [0.1, 0.15) is 0 Å². The largest absolute Gasteiger partial charge is 0.389 e. The predicted octanol–water partition coefficient (Wildman–Crippen LogP) is 4.32. The minimum absolute atomic E-state index is 0.00280. The molecule has 0 spiro atoms. The zero-order valence-corrected chi connectivity index (χ0v) is 15.7. The van der Waals surface area contributed by atoms with Crippen LogP contribution in [0.2, 0.25) is 0 Å². The van der Waals surface area contributed by atoms with Crippen molar-refractivity contribution in [2.45, 2.75) is 72.1 Å². The van der Waals surface area contributed by atoms with Crippen molar-refractivity contribution in [3.63, 3.8) is 0 Å². The Balaban J connectivity index is 2.40. The maximum Gasteiger partial charge on any atom is 0.0898 e. The van der Waals surface area contributed by atoms with E-state index in [1.54, 1.807) is 0 Å². The van der Waals surface area contributed by atoms with Gasteiger partial charge in [0.2, 0.25) is 0 Å². The molecule has 3 nitrogen and oxygen atoms in total. The van der Waals surface area contributed by atoms with E-state index in [1.807, 2.05) is 18.2 Å². The topological polar surface area (TPSA) is 41.5 Å². The van der Waals surface area contributed by atoms with Crippen LogP contribution >= 0.6 is 0 Å². The second-order valence-corrected chi connectivity index (χ2v) is 8.30. The summed E-state index contributed by atoms with van der Waals surface area (Å²) in [4.78, 5) is 0. The fourth-order valence-electron chi connectivity index (χ4n) is 3.19. The van der Waals surface area contributed by atoms with E-state index >= 15 is 0 Å². The average Bonchev–Trinajstić information content (AvgIpc) is 2.44. The number of β-amino-alcohol motifs (C(OH)–C–C–N with tert-alkyl or cyclic N) is 1. The lowest BCUT2D eigenvalue weighted by Gasteiger charge is -2.34. The number of aliphatic hydroxyl groups is 1. The van der Waals surface area contributed by atoms with Crippen molar-refractivity contribution >= 4 is 0 Å². The zero-order valence-electron chi connectivity index (χ0n) is 15.7. The number of benzene rings is 1. The van der Waals surface area contributed by atoms with E-state index in [9.17, 15) is 5.11 Å². The van der Waals surface area contributed by atoms with E-state index in [4.69, 9.17) is 4.74 Å². The lowest BCUT2D eigenvalue weighted by Crippen LogP contribution is -2.46. The summed E-state index contributed by atoms with van der Waals surface area (Å²) in [5, 5.41) is 13.7. The molecule has 1 aromatic rings. The standard InChI is InChI=1S/C20H35NO2/c1-7-18(16-11-9-8-10-12-16)23-14-17(22)13-21-20(5,6)15-19(2,3)4/h8-12,17-18,21-22H,7,13-15H2,1-6H3/t17-,18+/m1/s1. The highest BCUT2D eigenvalue weighted by atomic mass is 16.5. The Hall–Kier alpha value is -0.900. The lowest BCUT2D eigenvalue weighted by atomic mass is 9.82. The molecular formula is C20H35NO2. The van der Waals surface area contributed by atoms with Crippen molar-refractivity contribution in [1.82, 2.24) is 5.32 Å². The Bertz CT molecular complexity index is 437. The second kappa shape index (κ2) is 8.81. The number of rotatable bonds is 9. The smallest absolute Gasteiger partial charge is 0.0898 e. The van der Waals surface area contributed by atoms with Gasteiger partial charge in [-0.05, 0) is 37.7 Å². The SMILES string of the molecule is CC[C@H](OC[C@H](O)CNC(C)(C)CC(C)(C)C)c1ccccc1. The third kappa shape index (κ3) is 8.50. The van der Waals surface area contributed by atoms with E-state index in [1.165, 1.54) is 5.56 Å². The van der Waals surface area contributed by atoms with E-state index < -0.39 is 6.10 Å². The van der Waals surface area contributed by atoms with Gasteiger partial charge in [0.05, 0.1) is 18.8 Å². The van der Waals surface area contributed by atoms with Crippen LogP contribution in [-0.4, -0.2) is 29.9 Å². The van der Waals surface area contributed by atoms with Crippen molar-refractivity contribution < 1.29 is 9.84 Å². The van der Waals surface area contributed by atoms with Gasteiger partial charge in [0.15, 0.2) is 0 Å². The maximum absolute atomic E-state index is 10.2. The monoisotopic (exact) mass is 321 g/mol. The average molecular weight is 322 g/mol. The quantitative estimate of drug-likeness (QED) is 0.712. The van der Waals surface area contributed by atoms with Crippen LogP contribution in [-0.2, 0) is 4.74 Å². The minimum atomic E-state index is -0.494.